The normalized spacial score (nSPS) is 29.8. The SMILES string of the molecule is CC1CCC(NCc2ccc3c(c2)OCO3)C1C. The minimum atomic E-state index is 0.351. The Labute approximate surface area is 108 Å². The Morgan fingerprint density at radius 2 is 2.00 bits per heavy atom. The number of hydrogen-bond donors (Lipinski definition) is 1. The van der Waals surface area contributed by atoms with Crippen LogP contribution in [0, 0.1) is 11.8 Å². The van der Waals surface area contributed by atoms with Crippen LogP contribution in [0.5, 0.6) is 11.5 Å². The van der Waals surface area contributed by atoms with E-state index in [1.807, 2.05) is 6.07 Å². The monoisotopic (exact) mass is 247 g/mol. The van der Waals surface area contributed by atoms with Gasteiger partial charge >= 0.3 is 0 Å². The highest BCUT2D eigenvalue weighted by Gasteiger charge is 2.29. The maximum atomic E-state index is 5.40. The molecule has 1 aromatic carbocycles. The second-order valence-electron chi connectivity index (χ2n) is 5.59. The minimum Gasteiger partial charge on any atom is -0.454 e. The Bertz CT molecular complexity index is 433. The Balaban J connectivity index is 1.60. The van der Waals surface area contributed by atoms with Crippen molar-refractivity contribution in [3.05, 3.63) is 23.8 Å². The molecule has 3 rings (SSSR count). The molecule has 1 saturated carbocycles. The molecule has 0 spiro atoms. The lowest BCUT2D eigenvalue weighted by atomic mass is 9.97. The van der Waals surface area contributed by atoms with Gasteiger partial charge < -0.3 is 14.8 Å². The van der Waals surface area contributed by atoms with Gasteiger partial charge in [0, 0.05) is 12.6 Å². The molecule has 3 unspecified atom stereocenters. The van der Waals surface area contributed by atoms with Crippen molar-refractivity contribution in [1.29, 1.82) is 0 Å². The lowest BCUT2D eigenvalue weighted by Crippen LogP contribution is -2.31. The van der Waals surface area contributed by atoms with E-state index >= 15 is 0 Å². The van der Waals surface area contributed by atoms with Crippen LogP contribution in [0.15, 0.2) is 18.2 Å². The maximum Gasteiger partial charge on any atom is 0.231 e. The van der Waals surface area contributed by atoms with E-state index in [0.29, 0.717) is 12.8 Å². The molecule has 3 nitrogen and oxygen atoms in total. The molecule has 1 N–H and O–H groups in total. The molecule has 0 saturated heterocycles. The summed E-state index contributed by atoms with van der Waals surface area (Å²) in [6.45, 7) is 5.98. The number of fused-ring (bicyclic) bond motifs is 1. The number of rotatable bonds is 3. The topological polar surface area (TPSA) is 30.5 Å². The minimum absolute atomic E-state index is 0.351. The average Bonchev–Trinajstić information content (AvgIpc) is 2.96. The molecule has 1 aliphatic carbocycles. The molecule has 3 atom stereocenters. The van der Waals surface area contributed by atoms with E-state index in [2.05, 4.69) is 31.3 Å². The summed E-state index contributed by atoms with van der Waals surface area (Å²) < 4.78 is 10.7. The first-order chi connectivity index (χ1) is 8.74. The van der Waals surface area contributed by atoms with Gasteiger partial charge in [-0.05, 0) is 42.4 Å². The van der Waals surface area contributed by atoms with Crippen LogP contribution in [0.3, 0.4) is 0 Å². The summed E-state index contributed by atoms with van der Waals surface area (Å²) in [6, 6.07) is 6.85. The second kappa shape index (κ2) is 4.81. The first kappa shape index (κ1) is 11.8. The molecule has 0 amide bonds. The predicted molar refractivity (Wildman–Crippen MR) is 70.8 cm³/mol. The third-order valence-electron chi connectivity index (χ3n) is 4.47. The summed E-state index contributed by atoms with van der Waals surface area (Å²) >= 11 is 0. The Morgan fingerprint density at radius 3 is 2.78 bits per heavy atom. The molecule has 18 heavy (non-hydrogen) atoms. The molecule has 1 heterocycles. The fourth-order valence-electron chi connectivity index (χ4n) is 2.95. The van der Waals surface area contributed by atoms with Gasteiger partial charge in [0.1, 0.15) is 0 Å². The summed E-state index contributed by atoms with van der Waals surface area (Å²) in [5, 5.41) is 3.67. The Morgan fingerprint density at radius 1 is 1.17 bits per heavy atom. The van der Waals surface area contributed by atoms with Crippen LogP contribution in [0.2, 0.25) is 0 Å². The van der Waals surface area contributed by atoms with Crippen molar-refractivity contribution in [2.75, 3.05) is 6.79 Å². The molecule has 1 aromatic rings. The zero-order valence-electron chi connectivity index (χ0n) is 11.1. The fourth-order valence-corrected chi connectivity index (χ4v) is 2.95. The number of ether oxygens (including phenoxy) is 2. The van der Waals surface area contributed by atoms with E-state index in [4.69, 9.17) is 9.47 Å². The van der Waals surface area contributed by atoms with Crippen LogP contribution in [-0.2, 0) is 6.54 Å². The molecular formula is C15H21NO2. The van der Waals surface area contributed by atoms with Crippen molar-refractivity contribution in [1.82, 2.24) is 5.32 Å². The Hall–Kier alpha value is -1.22. The third-order valence-corrected chi connectivity index (χ3v) is 4.47. The van der Waals surface area contributed by atoms with E-state index < -0.39 is 0 Å². The van der Waals surface area contributed by atoms with Crippen LogP contribution < -0.4 is 14.8 Å². The van der Waals surface area contributed by atoms with E-state index in [9.17, 15) is 0 Å². The maximum absolute atomic E-state index is 5.40. The van der Waals surface area contributed by atoms with Gasteiger partial charge in [0.25, 0.3) is 0 Å². The van der Waals surface area contributed by atoms with E-state index in [1.54, 1.807) is 0 Å². The molecule has 0 radical (unpaired) electrons. The van der Waals surface area contributed by atoms with Crippen molar-refractivity contribution < 1.29 is 9.47 Å². The van der Waals surface area contributed by atoms with Crippen LogP contribution in [-0.4, -0.2) is 12.8 Å². The van der Waals surface area contributed by atoms with Gasteiger partial charge in [0.15, 0.2) is 11.5 Å². The number of benzene rings is 1. The summed E-state index contributed by atoms with van der Waals surface area (Å²) in [5.74, 6) is 3.36. The highest BCUT2D eigenvalue weighted by atomic mass is 16.7. The molecule has 0 bridgehead atoms. The lowest BCUT2D eigenvalue weighted by molar-refractivity contribution is 0.174. The molecule has 2 aliphatic rings. The van der Waals surface area contributed by atoms with Gasteiger partial charge in [0.05, 0.1) is 0 Å². The van der Waals surface area contributed by atoms with Crippen LogP contribution in [0.1, 0.15) is 32.3 Å². The van der Waals surface area contributed by atoms with E-state index in [-0.39, 0.29) is 0 Å². The lowest BCUT2D eigenvalue weighted by Gasteiger charge is -2.19. The second-order valence-corrected chi connectivity index (χ2v) is 5.59. The zero-order chi connectivity index (χ0) is 12.5. The highest BCUT2D eigenvalue weighted by Crippen LogP contribution is 2.33. The van der Waals surface area contributed by atoms with E-state index in [1.165, 1.54) is 18.4 Å². The molecule has 98 valence electrons. The molecule has 3 heteroatoms. The largest absolute Gasteiger partial charge is 0.454 e. The van der Waals surface area contributed by atoms with Gasteiger partial charge in [-0.2, -0.15) is 0 Å². The average molecular weight is 247 g/mol. The summed E-state index contributed by atoms with van der Waals surface area (Å²) in [4.78, 5) is 0. The van der Waals surface area contributed by atoms with Crippen molar-refractivity contribution in [2.45, 2.75) is 39.3 Å². The van der Waals surface area contributed by atoms with Gasteiger partial charge in [-0.3, -0.25) is 0 Å². The standard InChI is InChI=1S/C15H21NO2/c1-10-3-5-13(11(10)2)16-8-12-4-6-14-15(7-12)18-9-17-14/h4,6-7,10-11,13,16H,3,5,8-9H2,1-2H3. The molecule has 1 fully saturated rings. The summed E-state index contributed by atoms with van der Waals surface area (Å²) in [6.07, 6.45) is 2.65. The third kappa shape index (κ3) is 2.19. The van der Waals surface area contributed by atoms with Crippen molar-refractivity contribution >= 4 is 0 Å². The predicted octanol–water partition coefficient (Wildman–Crippen LogP) is 2.94. The first-order valence-electron chi connectivity index (χ1n) is 6.86. The van der Waals surface area contributed by atoms with Gasteiger partial charge in [0.2, 0.25) is 6.79 Å². The number of hydrogen-bond acceptors (Lipinski definition) is 3. The van der Waals surface area contributed by atoms with Gasteiger partial charge in [-0.1, -0.05) is 19.9 Å². The highest BCUT2D eigenvalue weighted by molar-refractivity contribution is 5.44. The number of nitrogens with one attached hydrogen (secondary N) is 1. The Kier molecular flexibility index (Phi) is 3.16. The van der Waals surface area contributed by atoms with Crippen molar-refractivity contribution in [2.24, 2.45) is 11.8 Å². The van der Waals surface area contributed by atoms with E-state index in [0.717, 1.165) is 29.9 Å². The first-order valence-corrected chi connectivity index (χ1v) is 6.86. The summed E-state index contributed by atoms with van der Waals surface area (Å²) in [5.41, 5.74) is 1.27. The van der Waals surface area contributed by atoms with Gasteiger partial charge in [-0.25, -0.2) is 0 Å². The molecule has 0 aromatic heterocycles. The van der Waals surface area contributed by atoms with Gasteiger partial charge in [-0.15, -0.1) is 0 Å². The van der Waals surface area contributed by atoms with Crippen molar-refractivity contribution in [3.63, 3.8) is 0 Å². The van der Waals surface area contributed by atoms with Crippen LogP contribution in [0.25, 0.3) is 0 Å². The smallest absolute Gasteiger partial charge is 0.231 e. The molecule has 1 aliphatic heterocycles. The quantitative estimate of drug-likeness (QED) is 0.890. The zero-order valence-corrected chi connectivity index (χ0v) is 11.1. The molecular weight excluding hydrogens is 226 g/mol. The van der Waals surface area contributed by atoms with Crippen LogP contribution in [0.4, 0.5) is 0 Å². The summed E-state index contributed by atoms with van der Waals surface area (Å²) in [7, 11) is 0. The van der Waals surface area contributed by atoms with Crippen LogP contribution >= 0.6 is 0 Å². The fraction of sp³-hybridized carbons (Fsp3) is 0.600. The van der Waals surface area contributed by atoms with Crippen molar-refractivity contribution in [3.8, 4) is 11.5 Å².